The average Bonchev–Trinajstić information content (AvgIpc) is 4.17. The first-order valence-corrected chi connectivity index (χ1v) is 22.3. The first-order valence-electron chi connectivity index (χ1n) is 22.3. The highest BCUT2D eigenvalue weighted by molar-refractivity contribution is 6.29. The van der Waals surface area contributed by atoms with Gasteiger partial charge in [0.2, 0.25) is 0 Å². The van der Waals surface area contributed by atoms with Gasteiger partial charge in [0.05, 0.1) is 43.9 Å². The maximum Gasteiger partial charge on any atom is 0.145 e. The summed E-state index contributed by atoms with van der Waals surface area (Å²) in [7, 11) is 0. The van der Waals surface area contributed by atoms with Gasteiger partial charge in [-0.05, 0) is 114 Å². The van der Waals surface area contributed by atoms with Crippen molar-refractivity contribution in [2.24, 2.45) is 0 Å². The number of benzene rings is 10. The number of rotatable bonds is 4. The second-order valence-corrected chi connectivity index (χ2v) is 17.4. The van der Waals surface area contributed by atoms with Gasteiger partial charge in [-0.15, -0.1) is 0 Å². The Balaban J connectivity index is 0.938. The highest BCUT2D eigenvalue weighted by Gasteiger charge is 2.23. The molecule has 5 heteroatoms. The van der Waals surface area contributed by atoms with Crippen molar-refractivity contribution in [2.75, 3.05) is 0 Å². The van der Waals surface area contributed by atoms with Crippen LogP contribution in [0.3, 0.4) is 0 Å². The van der Waals surface area contributed by atoms with Gasteiger partial charge in [-0.2, -0.15) is 0 Å². The topological polar surface area (TPSA) is 43.7 Å². The molecule has 0 aliphatic heterocycles. The zero-order valence-corrected chi connectivity index (χ0v) is 35.0. The maximum atomic E-state index is 7.30. The van der Waals surface area contributed by atoms with Crippen molar-refractivity contribution in [3.05, 3.63) is 212 Å². The number of hydrogen-bond acceptors (Lipinski definition) is 1. The van der Waals surface area contributed by atoms with Crippen molar-refractivity contribution < 1.29 is 4.42 Å². The summed E-state index contributed by atoms with van der Waals surface area (Å²) >= 11 is 0. The Morgan fingerprint density at radius 1 is 0.277 bits per heavy atom. The van der Waals surface area contributed by atoms with Crippen molar-refractivity contribution in [2.45, 2.75) is 0 Å². The molecule has 0 saturated heterocycles. The zero-order valence-electron chi connectivity index (χ0n) is 35.0. The van der Waals surface area contributed by atoms with E-state index in [0.717, 1.165) is 82.9 Å². The summed E-state index contributed by atoms with van der Waals surface area (Å²) in [6.45, 7) is 0. The molecule has 0 fully saturated rings. The van der Waals surface area contributed by atoms with Crippen molar-refractivity contribution in [1.29, 1.82) is 0 Å². The number of aromatic nitrogens is 4. The molecule has 15 aromatic rings. The number of nitrogens with one attached hydrogen (secondary N) is 1. The largest absolute Gasteiger partial charge is 0.455 e. The fraction of sp³-hybridized carbons (Fsp3) is 0. The Bertz CT molecular complexity index is 4480. The number of H-pyrrole nitrogens is 1. The van der Waals surface area contributed by atoms with Crippen LogP contribution < -0.4 is 0 Å². The van der Waals surface area contributed by atoms with Crippen molar-refractivity contribution in [1.82, 2.24) is 18.7 Å². The van der Waals surface area contributed by atoms with E-state index in [-0.39, 0.29) is 0 Å². The molecule has 0 aliphatic carbocycles. The number of furan rings is 1. The van der Waals surface area contributed by atoms with Gasteiger partial charge in [0, 0.05) is 71.2 Å². The molecule has 0 radical (unpaired) electrons. The van der Waals surface area contributed by atoms with Crippen LogP contribution in [0, 0.1) is 0 Å². The third-order valence-electron chi connectivity index (χ3n) is 13.9. The van der Waals surface area contributed by atoms with Crippen LogP contribution in [0.15, 0.2) is 217 Å². The zero-order chi connectivity index (χ0) is 42.3. The summed E-state index contributed by atoms with van der Waals surface area (Å²) < 4.78 is 14.5. The van der Waals surface area contributed by atoms with E-state index >= 15 is 0 Å². The van der Waals surface area contributed by atoms with Gasteiger partial charge in [0.15, 0.2) is 0 Å². The fourth-order valence-electron chi connectivity index (χ4n) is 11.2. The standard InChI is InChI=1S/C60H36N4O/c1-2-14-38(15-3-1)62-51-22-9-5-18-42(51)48-35-40(26-30-54(48)62)64-53-24-11-7-20-46(53)58-56(64)32-28-44-43-27-31-55-57(59(43)65-60(44)58)45-19-6-10-23-52(45)63(55)39-16-12-13-36(33-39)37-25-29-50-47(34-37)41-17-4-8-21-49(41)61-50/h1-35,61H. The molecule has 5 aromatic heterocycles. The van der Waals surface area contributed by atoms with Gasteiger partial charge in [-0.3, -0.25) is 0 Å². The lowest BCUT2D eigenvalue weighted by atomic mass is 10.0. The summed E-state index contributed by atoms with van der Waals surface area (Å²) in [5.74, 6) is 0. The number of para-hydroxylation sites is 5. The van der Waals surface area contributed by atoms with Crippen LogP contribution in [0.1, 0.15) is 0 Å². The predicted molar refractivity (Wildman–Crippen MR) is 272 cm³/mol. The minimum absolute atomic E-state index is 0.910. The van der Waals surface area contributed by atoms with Crippen LogP contribution in [0.25, 0.3) is 137 Å². The Kier molecular flexibility index (Phi) is 6.89. The molecule has 0 spiro atoms. The third kappa shape index (κ3) is 4.76. The van der Waals surface area contributed by atoms with Crippen LogP contribution in [-0.4, -0.2) is 18.7 Å². The molecule has 302 valence electrons. The fourth-order valence-corrected chi connectivity index (χ4v) is 11.2. The molecular weight excluding hydrogens is 793 g/mol. The first kappa shape index (κ1) is 34.7. The highest BCUT2D eigenvalue weighted by atomic mass is 16.3. The molecule has 0 saturated carbocycles. The van der Waals surface area contributed by atoms with Crippen LogP contribution in [-0.2, 0) is 0 Å². The van der Waals surface area contributed by atoms with Crippen molar-refractivity contribution in [3.63, 3.8) is 0 Å². The summed E-state index contributed by atoms with van der Waals surface area (Å²) in [4.78, 5) is 3.58. The van der Waals surface area contributed by atoms with E-state index < -0.39 is 0 Å². The molecule has 0 aliphatic rings. The minimum Gasteiger partial charge on any atom is -0.455 e. The van der Waals surface area contributed by atoms with E-state index in [1.54, 1.807) is 0 Å². The molecule has 0 atom stereocenters. The molecule has 0 amide bonds. The molecule has 10 aromatic carbocycles. The Labute approximate surface area is 371 Å². The van der Waals surface area contributed by atoms with E-state index in [4.69, 9.17) is 4.42 Å². The Hall–Kier alpha value is -8.80. The van der Waals surface area contributed by atoms with Crippen molar-refractivity contribution in [3.8, 4) is 28.2 Å². The quantitative estimate of drug-likeness (QED) is 0.189. The maximum absolute atomic E-state index is 7.30. The van der Waals surface area contributed by atoms with Crippen LogP contribution in [0.2, 0.25) is 0 Å². The summed E-state index contributed by atoms with van der Waals surface area (Å²) in [5, 5.41) is 11.7. The smallest absolute Gasteiger partial charge is 0.145 e. The van der Waals surface area contributed by atoms with Gasteiger partial charge in [-0.25, -0.2) is 0 Å². The summed E-state index contributed by atoms with van der Waals surface area (Å²) in [5.41, 5.74) is 16.8. The molecule has 5 heterocycles. The Morgan fingerprint density at radius 3 is 1.49 bits per heavy atom. The van der Waals surface area contributed by atoms with E-state index in [1.807, 2.05) is 0 Å². The highest BCUT2D eigenvalue weighted by Crippen LogP contribution is 2.45. The normalized spacial score (nSPS) is 12.3. The van der Waals surface area contributed by atoms with E-state index in [9.17, 15) is 0 Å². The molecule has 5 nitrogen and oxygen atoms in total. The number of hydrogen-bond donors (Lipinski definition) is 1. The molecule has 1 N–H and O–H groups in total. The minimum atomic E-state index is 0.910. The van der Waals surface area contributed by atoms with Gasteiger partial charge in [-0.1, -0.05) is 109 Å². The monoisotopic (exact) mass is 828 g/mol. The average molecular weight is 829 g/mol. The van der Waals surface area contributed by atoms with Crippen LogP contribution in [0.4, 0.5) is 0 Å². The number of aromatic amines is 1. The van der Waals surface area contributed by atoms with E-state index in [0.29, 0.717) is 0 Å². The van der Waals surface area contributed by atoms with Crippen LogP contribution in [0.5, 0.6) is 0 Å². The lowest BCUT2D eigenvalue weighted by Gasteiger charge is -2.10. The van der Waals surface area contributed by atoms with Gasteiger partial charge >= 0.3 is 0 Å². The second-order valence-electron chi connectivity index (χ2n) is 17.4. The Morgan fingerprint density at radius 2 is 0.785 bits per heavy atom. The predicted octanol–water partition coefficient (Wildman–Crippen LogP) is 16.2. The molecule has 65 heavy (non-hydrogen) atoms. The van der Waals surface area contributed by atoms with Gasteiger partial charge in [0.25, 0.3) is 0 Å². The summed E-state index contributed by atoms with van der Waals surface area (Å²) in [6, 6.07) is 77.1. The second kappa shape index (κ2) is 12.9. The van der Waals surface area contributed by atoms with E-state index in [1.165, 1.54) is 54.5 Å². The van der Waals surface area contributed by atoms with E-state index in [2.05, 4.69) is 231 Å². The summed E-state index contributed by atoms with van der Waals surface area (Å²) in [6.07, 6.45) is 0. The van der Waals surface area contributed by atoms with Crippen molar-refractivity contribution >= 4 is 109 Å². The van der Waals surface area contributed by atoms with Crippen LogP contribution >= 0.6 is 0 Å². The number of nitrogens with zero attached hydrogens (tertiary/aromatic N) is 3. The molecule has 0 bridgehead atoms. The molecule has 0 unspecified atom stereocenters. The van der Waals surface area contributed by atoms with Gasteiger partial charge < -0.3 is 23.1 Å². The lowest BCUT2D eigenvalue weighted by molar-refractivity contribution is 0.677. The SMILES string of the molecule is c1ccc(-n2c3ccccc3c3cc(-n4c5ccccc5c5c6oc7c(ccc8c7c7ccccc7n8-c7cccc(-c8ccc9[nH]c%10ccccc%10c9c8)c7)c6ccc54)ccc32)cc1. The third-order valence-corrected chi connectivity index (χ3v) is 13.9. The molecular formula is C60H36N4O. The molecule has 15 rings (SSSR count). The van der Waals surface area contributed by atoms with Gasteiger partial charge in [0.1, 0.15) is 11.2 Å². The lowest BCUT2D eigenvalue weighted by Crippen LogP contribution is -1.95. The first-order chi connectivity index (χ1) is 32.2. The number of fused-ring (bicyclic) bond motifs is 17.